The van der Waals surface area contributed by atoms with Gasteiger partial charge in [-0.25, -0.2) is 14.2 Å². The number of nitrogens with one attached hydrogen (secondary N) is 2. The molecule has 0 bridgehead atoms. The molecule has 0 saturated carbocycles. The van der Waals surface area contributed by atoms with Crippen molar-refractivity contribution in [3.8, 4) is 11.4 Å². The van der Waals surface area contributed by atoms with Gasteiger partial charge in [0.25, 0.3) is 5.56 Å². The van der Waals surface area contributed by atoms with Gasteiger partial charge in [-0.3, -0.25) is 14.4 Å². The Morgan fingerprint density at radius 3 is 2.63 bits per heavy atom. The van der Waals surface area contributed by atoms with Crippen molar-refractivity contribution in [3.63, 3.8) is 0 Å². The monoisotopic (exact) mass is 562 g/mol. The van der Waals surface area contributed by atoms with Gasteiger partial charge in [0.2, 0.25) is 11.8 Å². The molecule has 41 heavy (non-hydrogen) atoms. The molecule has 4 heterocycles. The lowest BCUT2D eigenvalue weighted by atomic mass is 9.81. The lowest BCUT2D eigenvalue weighted by Gasteiger charge is -2.32. The third-order valence-electron chi connectivity index (χ3n) is 9.05. The van der Waals surface area contributed by atoms with Crippen molar-refractivity contribution in [1.29, 1.82) is 0 Å². The number of halogens is 1. The molecule has 0 radical (unpaired) electrons. The standard InChI is InChI=1S/C30H31FN4O6/c1-6-30(40)17-9-21-24-15(11-35(21)25(36)16(17)12-41-28(30)39)23-19(34-27(38)29(3,4)26(37)32-5)8-7-14-13(2)18(31)10-20(33-24)22(14)23/h9-10,19,40H,6-8,11-12H2,1-5H3,(H,32,37)(H,34,38)/t19-,30-/m1/s1. The van der Waals surface area contributed by atoms with Gasteiger partial charge < -0.3 is 25.0 Å². The summed E-state index contributed by atoms with van der Waals surface area (Å²) < 4.78 is 21.8. The zero-order chi connectivity index (χ0) is 29.6. The summed E-state index contributed by atoms with van der Waals surface area (Å²) in [5, 5.41) is 17.5. The molecule has 3 N–H and O–H groups in total. The Kier molecular flexibility index (Phi) is 5.90. The highest BCUT2D eigenvalue weighted by molar-refractivity contribution is 6.04. The summed E-state index contributed by atoms with van der Waals surface area (Å²) >= 11 is 0. The molecule has 2 amide bonds. The first kappa shape index (κ1) is 27.1. The van der Waals surface area contributed by atoms with Gasteiger partial charge in [0.05, 0.1) is 35.1 Å². The van der Waals surface area contributed by atoms with E-state index in [0.717, 1.165) is 16.5 Å². The van der Waals surface area contributed by atoms with Crippen LogP contribution in [0.15, 0.2) is 16.9 Å². The minimum Gasteiger partial charge on any atom is -0.458 e. The number of nitrogens with zero attached hydrogens (tertiary/aromatic N) is 2. The summed E-state index contributed by atoms with van der Waals surface area (Å²) in [6.07, 6.45) is 0.954. The average Bonchev–Trinajstić information content (AvgIpc) is 3.32. The lowest BCUT2D eigenvalue weighted by Crippen LogP contribution is -2.48. The number of fused-ring (bicyclic) bond motifs is 5. The predicted molar refractivity (Wildman–Crippen MR) is 146 cm³/mol. The van der Waals surface area contributed by atoms with E-state index in [1.54, 1.807) is 33.8 Å². The Bertz CT molecular complexity index is 1780. The molecule has 0 spiro atoms. The summed E-state index contributed by atoms with van der Waals surface area (Å²) in [4.78, 5) is 56.9. The molecule has 3 aliphatic rings. The number of aliphatic hydroxyl groups is 1. The highest BCUT2D eigenvalue weighted by Crippen LogP contribution is 2.46. The Balaban J connectivity index is 1.59. The fourth-order valence-corrected chi connectivity index (χ4v) is 6.45. The fraction of sp³-hybridized carbons (Fsp3) is 0.433. The number of hydrogen-bond acceptors (Lipinski definition) is 7. The van der Waals surface area contributed by atoms with Gasteiger partial charge >= 0.3 is 5.97 Å². The van der Waals surface area contributed by atoms with Crippen LogP contribution in [0.25, 0.3) is 22.3 Å². The van der Waals surface area contributed by atoms with Gasteiger partial charge in [-0.1, -0.05) is 6.92 Å². The summed E-state index contributed by atoms with van der Waals surface area (Å²) in [5.41, 5.74) is 0.564. The van der Waals surface area contributed by atoms with Crippen LogP contribution < -0.4 is 16.2 Å². The van der Waals surface area contributed by atoms with Crippen LogP contribution in [0, 0.1) is 18.2 Å². The highest BCUT2D eigenvalue weighted by Gasteiger charge is 2.46. The molecule has 1 aromatic carbocycles. The minimum absolute atomic E-state index is 0.00800. The van der Waals surface area contributed by atoms with Gasteiger partial charge in [0.1, 0.15) is 17.8 Å². The summed E-state index contributed by atoms with van der Waals surface area (Å²) in [6, 6.07) is 2.43. The molecule has 2 aliphatic heterocycles. The normalized spacial score (nSPS) is 20.7. The van der Waals surface area contributed by atoms with Crippen molar-refractivity contribution in [3.05, 3.63) is 61.7 Å². The molecular formula is C30H31FN4O6. The van der Waals surface area contributed by atoms with Crippen molar-refractivity contribution in [2.24, 2.45) is 5.41 Å². The van der Waals surface area contributed by atoms with Crippen LogP contribution in [0.4, 0.5) is 4.39 Å². The number of carbonyl (C=O) groups is 3. The molecule has 0 saturated heterocycles. The first-order chi connectivity index (χ1) is 19.3. The number of ether oxygens (including phenoxy) is 1. The van der Waals surface area contributed by atoms with Gasteiger partial charge in [-0.05, 0) is 62.8 Å². The van der Waals surface area contributed by atoms with Gasteiger partial charge in [0, 0.05) is 29.6 Å². The number of amides is 2. The smallest absolute Gasteiger partial charge is 0.343 e. The number of aryl methyl sites for hydroxylation is 1. The molecule has 0 unspecified atom stereocenters. The summed E-state index contributed by atoms with van der Waals surface area (Å²) in [6.45, 7) is 6.31. The number of benzene rings is 1. The Hall–Kier alpha value is -4.12. The van der Waals surface area contributed by atoms with Crippen LogP contribution in [-0.4, -0.2) is 39.5 Å². The summed E-state index contributed by atoms with van der Waals surface area (Å²) in [7, 11) is 1.47. The number of pyridine rings is 2. The van der Waals surface area contributed by atoms with Gasteiger partial charge in [-0.2, -0.15) is 0 Å². The maximum absolute atomic E-state index is 15.1. The van der Waals surface area contributed by atoms with E-state index in [9.17, 15) is 24.3 Å². The maximum atomic E-state index is 15.1. The lowest BCUT2D eigenvalue weighted by molar-refractivity contribution is -0.172. The van der Waals surface area contributed by atoms with Crippen molar-refractivity contribution in [2.75, 3.05) is 7.05 Å². The van der Waals surface area contributed by atoms with Gasteiger partial charge in [0.15, 0.2) is 5.60 Å². The highest BCUT2D eigenvalue weighted by atomic mass is 19.1. The van der Waals surface area contributed by atoms with Crippen LogP contribution in [-0.2, 0) is 44.3 Å². The van der Waals surface area contributed by atoms with E-state index in [-0.39, 0.29) is 30.7 Å². The zero-order valence-electron chi connectivity index (χ0n) is 23.5. The van der Waals surface area contributed by atoms with Crippen molar-refractivity contribution < 1.29 is 28.6 Å². The largest absolute Gasteiger partial charge is 0.458 e. The molecule has 6 rings (SSSR count). The van der Waals surface area contributed by atoms with Gasteiger partial charge in [-0.15, -0.1) is 0 Å². The maximum Gasteiger partial charge on any atom is 0.343 e. The number of hydrogen-bond donors (Lipinski definition) is 3. The molecular weight excluding hydrogens is 531 g/mol. The molecule has 2 atom stereocenters. The van der Waals surface area contributed by atoms with E-state index in [1.165, 1.54) is 17.7 Å². The van der Waals surface area contributed by atoms with E-state index in [2.05, 4.69) is 10.6 Å². The first-order valence-corrected chi connectivity index (χ1v) is 13.7. The molecule has 1 aliphatic carbocycles. The molecule has 0 fully saturated rings. The SMILES string of the molecule is CC[C@]1(O)C(=O)OCc2c1cc1n(c2=O)Cc2c-1nc1cc(F)c(C)c3c1c2[C@H](NC(=O)C(C)(C)C(=O)NC)CC3. The number of rotatable bonds is 4. The molecule has 3 aromatic rings. The quantitative estimate of drug-likeness (QED) is 0.256. The van der Waals surface area contributed by atoms with E-state index in [1.807, 2.05) is 0 Å². The van der Waals surface area contributed by atoms with E-state index in [4.69, 9.17) is 9.72 Å². The Labute approximate surface area is 234 Å². The number of aromatic nitrogens is 2. The predicted octanol–water partition coefficient (Wildman–Crippen LogP) is 2.40. The van der Waals surface area contributed by atoms with Crippen LogP contribution in [0.3, 0.4) is 0 Å². The first-order valence-electron chi connectivity index (χ1n) is 13.7. The third kappa shape index (κ3) is 3.61. The van der Waals surface area contributed by atoms with E-state index in [0.29, 0.717) is 40.9 Å². The Morgan fingerprint density at radius 2 is 1.95 bits per heavy atom. The van der Waals surface area contributed by atoms with Crippen LogP contribution in [0.1, 0.15) is 73.0 Å². The summed E-state index contributed by atoms with van der Waals surface area (Å²) in [5.74, 6) is -2.12. The third-order valence-corrected chi connectivity index (χ3v) is 9.05. The number of esters is 1. The van der Waals surface area contributed by atoms with Crippen LogP contribution in [0.5, 0.6) is 0 Å². The minimum atomic E-state index is -1.98. The second-order valence-electron chi connectivity index (χ2n) is 11.6. The molecule has 10 nitrogen and oxygen atoms in total. The molecule has 2 aromatic heterocycles. The fourth-order valence-electron chi connectivity index (χ4n) is 6.45. The second kappa shape index (κ2) is 8.94. The van der Waals surface area contributed by atoms with Crippen molar-refractivity contribution >= 4 is 28.7 Å². The molecule has 214 valence electrons. The van der Waals surface area contributed by atoms with Crippen molar-refractivity contribution in [1.82, 2.24) is 20.2 Å². The van der Waals surface area contributed by atoms with E-state index < -0.39 is 46.2 Å². The number of carbonyl (C=O) groups excluding carboxylic acids is 3. The zero-order valence-corrected chi connectivity index (χ0v) is 23.5. The Morgan fingerprint density at radius 1 is 1.22 bits per heavy atom. The van der Waals surface area contributed by atoms with Crippen LogP contribution >= 0.6 is 0 Å². The number of cyclic esters (lactones) is 1. The van der Waals surface area contributed by atoms with Crippen molar-refractivity contribution in [2.45, 2.75) is 71.8 Å². The topological polar surface area (TPSA) is 140 Å². The van der Waals surface area contributed by atoms with Crippen LogP contribution in [0.2, 0.25) is 0 Å². The van der Waals surface area contributed by atoms with E-state index >= 15 is 4.39 Å². The molecule has 11 heteroatoms. The average molecular weight is 563 g/mol. The second-order valence-corrected chi connectivity index (χ2v) is 11.6.